The largest absolute Gasteiger partial charge is 0.465 e. The van der Waals surface area contributed by atoms with Crippen molar-refractivity contribution in [3.05, 3.63) is 0 Å². The van der Waals surface area contributed by atoms with Gasteiger partial charge in [0.25, 0.3) is 0 Å². The second-order valence-corrected chi connectivity index (χ2v) is 13.3. The fourth-order valence-corrected chi connectivity index (χ4v) is 9.21. The number of hydrogen-bond acceptors (Lipinski definition) is 7. The molecule has 1 saturated heterocycles. The van der Waals surface area contributed by atoms with E-state index < -0.39 is 29.8 Å². The molecule has 0 amide bonds. The third-order valence-electron chi connectivity index (χ3n) is 11.5. The highest BCUT2D eigenvalue weighted by Gasteiger charge is 2.63. The average molecular weight is 497 g/mol. The van der Waals surface area contributed by atoms with Crippen molar-refractivity contribution < 1.29 is 35.1 Å². The summed E-state index contributed by atoms with van der Waals surface area (Å²) in [5.74, 6) is -0.0432. The molecule has 0 aromatic heterocycles. The minimum atomic E-state index is -0.970. The van der Waals surface area contributed by atoms with E-state index in [2.05, 4.69) is 13.8 Å². The van der Waals surface area contributed by atoms with E-state index in [1.54, 1.807) is 0 Å². The Morgan fingerprint density at radius 1 is 0.971 bits per heavy atom. The van der Waals surface area contributed by atoms with Crippen LogP contribution in [0.1, 0.15) is 73.1 Å². The quantitative estimate of drug-likeness (QED) is 0.357. The van der Waals surface area contributed by atoms with Gasteiger partial charge in [0, 0.05) is 12.5 Å². The highest BCUT2D eigenvalue weighted by atomic mass is 16.5. The molecule has 0 aromatic carbocycles. The molecule has 1 heterocycles. The molecule has 5 N–H and O–H groups in total. The normalized spacial score (nSPS) is 47.1. The van der Waals surface area contributed by atoms with E-state index in [0.29, 0.717) is 18.9 Å². The Morgan fingerprint density at radius 2 is 1.63 bits per heavy atom. The van der Waals surface area contributed by atoms with Gasteiger partial charge in [0.15, 0.2) is 0 Å². The SMILES string of the molecule is CC(C)[C@H](CO)[C@@H](O)[C@H](O)[C@@H](C)[C@H]1CC[C@H]2[C@@H]3COC(=O)[C@H]4C[C@H](O)[C@H](O)C[C@]4(C)[C@H]3CC[C@]12C. The van der Waals surface area contributed by atoms with E-state index in [-0.39, 0.29) is 65.8 Å². The van der Waals surface area contributed by atoms with Crippen LogP contribution in [0.2, 0.25) is 0 Å². The van der Waals surface area contributed by atoms with Gasteiger partial charge in [-0.3, -0.25) is 4.79 Å². The monoisotopic (exact) mass is 496 g/mol. The van der Waals surface area contributed by atoms with Gasteiger partial charge in [0.2, 0.25) is 0 Å². The molecule has 0 bridgehead atoms. The number of carbonyl (C=O) groups excluding carboxylic acids is 1. The Labute approximate surface area is 210 Å². The predicted octanol–water partition coefficient (Wildman–Crippen LogP) is 2.36. The number of ether oxygens (including phenoxy) is 1. The first-order valence-corrected chi connectivity index (χ1v) is 13.9. The second-order valence-electron chi connectivity index (χ2n) is 13.3. The van der Waals surface area contributed by atoms with E-state index in [1.807, 2.05) is 20.8 Å². The van der Waals surface area contributed by atoms with Crippen LogP contribution in [0, 0.1) is 58.2 Å². The lowest BCUT2D eigenvalue weighted by atomic mass is 9.48. The van der Waals surface area contributed by atoms with E-state index >= 15 is 0 Å². The van der Waals surface area contributed by atoms with Crippen molar-refractivity contribution in [3.63, 3.8) is 0 Å². The third kappa shape index (κ3) is 4.37. The number of hydrogen-bond donors (Lipinski definition) is 5. The number of aliphatic hydroxyl groups is 5. The van der Waals surface area contributed by atoms with Gasteiger partial charge in [-0.25, -0.2) is 0 Å². The highest BCUT2D eigenvalue weighted by molar-refractivity contribution is 5.74. The van der Waals surface area contributed by atoms with Crippen LogP contribution in [0.15, 0.2) is 0 Å². The molecule has 0 unspecified atom stereocenters. The molecule has 3 aliphatic carbocycles. The summed E-state index contributed by atoms with van der Waals surface area (Å²) in [4.78, 5) is 13.0. The van der Waals surface area contributed by atoms with Gasteiger partial charge in [-0.2, -0.15) is 0 Å². The predicted molar refractivity (Wildman–Crippen MR) is 131 cm³/mol. The molecule has 1 aliphatic heterocycles. The first kappa shape index (κ1) is 27.3. The summed E-state index contributed by atoms with van der Waals surface area (Å²) in [6.45, 7) is 10.6. The molecule has 35 heavy (non-hydrogen) atoms. The fourth-order valence-electron chi connectivity index (χ4n) is 9.21. The number of esters is 1. The van der Waals surface area contributed by atoms with Crippen LogP contribution in [-0.2, 0) is 9.53 Å². The summed E-state index contributed by atoms with van der Waals surface area (Å²) in [5, 5.41) is 52.7. The molecular weight excluding hydrogens is 448 g/mol. The van der Waals surface area contributed by atoms with Crippen molar-refractivity contribution in [2.75, 3.05) is 13.2 Å². The molecule has 4 aliphatic rings. The Balaban J connectivity index is 1.57. The van der Waals surface area contributed by atoms with E-state index in [9.17, 15) is 30.3 Å². The smallest absolute Gasteiger partial charge is 0.309 e. The molecule has 13 atom stereocenters. The summed E-state index contributed by atoms with van der Waals surface area (Å²) < 4.78 is 5.85. The zero-order chi connectivity index (χ0) is 25.9. The van der Waals surface area contributed by atoms with E-state index in [4.69, 9.17) is 4.74 Å². The summed E-state index contributed by atoms with van der Waals surface area (Å²) in [5.41, 5.74) is -0.438. The maximum Gasteiger partial charge on any atom is 0.309 e. The molecule has 0 aromatic rings. The van der Waals surface area contributed by atoms with Gasteiger partial charge in [0.1, 0.15) is 0 Å². The summed E-state index contributed by atoms with van der Waals surface area (Å²) in [6, 6.07) is 0. The van der Waals surface area contributed by atoms with Crippen LogP contribution in [0.3, 0.4) is 0 Å². The van der Waals surface area contributed by atoms with Crippen molar-refractivity contribution >= 4 is 5.97 Å². The Hall–Kier alpha value is -0.730. The Kier molecular flexibility index (Phi) is 7.70. The number of rotatable bonds is 6. The molecule has 202 valence electrons. The van der Waals surface area contributed by atoms with Crippen molar-refractivity contribution in [1.29, 1.82) is 0 Å². The Bertz CT molecular complexity index is 772. The van der Waals surface area contributed by atoms with Crippen LogP contribution in [0.4, 0.5) is 0 Å². The molecule has 4 fully saturated rings. The average Bonchev–Trinajstić information content (AvgIpc) is 3.11. The molecule has 0 radical (unpaired) electrons. The lowest BCUT2D eigenvalue weighted by molar-refractivity contribution is -0.162. The highest BCUT2D eigenvalue weighted by Crippen LogP contribution is 2.66. The van der Waals surface area contributed by atoms with Gasteiger partial charge in [0.05, 0.1) is 36.9 Å². The molecule has 7 nitrogen and oxygen atoms in total. The lowest BCUT2D eigenvalue weighted by Gasteiger charge is -2.56. The fraction of sp³-hybridized carbons (Fsp3) is 0.964. The topological polar surface area (TPSA) is 127 Å². The van der Waals surface area contributed by atoms with Crippen LogP contribution in [-0.4, -0.2) is 69.1 Å². The van der Waals surface area contributed by atoms with Crippen molar-refractivity contribution in [2.24, 2.45) is 58.2 Å². The number of cyclic esters (lactones) is 1. The van der Waals surface area contributed by atoms with Crippen LogP contribution < -0.4 is 0 Å². The van der Waals surface area contributed by atoms with Gasteiger partial charge in [-0.15, -0.1) is 0 Å². The maximum absolute atomic E-state index is 13.0. The lowest BCUT2D eigenvalue weighted by Crippen LogP contribution is -2.55. The van der Waals surface area contributed by atoms with Crippen LogP contribution in [0.5, 0.6) is 0 Å². The maximum atomic E-state index is 13.0. The molecular formula is C28H48O7. The van der Waals surface area contributed by atoms with Crippen LogP contribution in [0.25, 0.3) is 0 Å². The number of fused-ring (bicyclic) bond motifs is 5. The van der Waals surface area contributed by atoms with Gasteiger partial charge < -0.3 is 30.3 Å². The summed E-state index contributed by atoms with van der Waals surface area (Å²) >= 11 is 0. The number of carbonyl (C=O) groups is 1. The molecule has 4 rings (SSSR count). The minimum Gasteiger partial charge on any atom is -0.465 e. The first-order valence-electron chi connectivity index (χ1n) is 13.9. The second kappa shape index (κ2) is 9.86. The van der Waals surface area contributed by atoms with E-state index in [1.165, 1.54) is 0 Å². The first-order chi connectivity index (χ1) is 16.4. The van der Waals surface area contributed by atoms with E-state index in [0.717, 1.165) is 25.7 Å². The van der Waals surface area contributed by atoms with Crippen molar-refractivity contribution in [2.45, 2.75) is 97.6 Å². The summed E-state index contributed by atoms with van der Waals surface area (Å²) in [6.07, 6.45) is 0.946. The van der Waals surface area contributed by atoms with Gasteiger partial charge in [-0.05, 0) is 84.9 Å². The number of aliphatic hydroxyl groups excluding tert-OH is 5. The van der Waals surface area contributed by atoms with Gasteiger partial charge in [-0.1, -0.05) is 34.6 Å². The van der Waals surface area contributed by atoms with Crippen LogP contribution >= 0.6 is 0 Å². The molecule has 0 spiro atoms. The third-order valence-corrected chi connectivity index (χ3v) is 11.5. The minimum absolute atomic E-state index is 0.0385. The van der Waals surface area contributed by atoms with Crippen molar-refractivity contribution in [1.82, 2.24) is 0 Å². The standard InChI is InChI=1S/C28H48O7/c1-14(2)16(12-29)25(33)24(32)15(3)18-6-7-19-17-13-35-26(34)21-10-22(30)23(31)11-28(21,5)20(17)8-9-27(18,19)4/h14-25,29-33H,6-13H2,1-5H3/t15-,16-,17-,18+,19-,20-,21+,22-,23+,24+,25+,27+,28+/m0/s1. The zero-order valence-corrected chi connectivity index (χ0v) is 22.1. The zero-order valence-electron chi connectivity index (χ0n) is 22.1. The summed E-state index contributed by atoms with van der Waals surface area (Å²) in [7, 11) is 0. The van der Waals surface area contributed by atoms with Crippen molar-refractivity contribution in [3.8, 4) is 0 Å². The Morgan fingerprint density at radius 3 is 2.26 bits per heavy atom. The molecule has 3 saturated carbocycles. The molecule has 7 heteroatoms. The van der Waals surface area contributed by atoms with Gasteiger partial charge >= 0.3 is 5.97 Å².